The van der Waals surface area contributed by atoms with E-state index in [2.05, 4.69) is 57.2 Å². The molecule has 1 atom stereocenters. The van der Waals surface area contributed by atoms with Crippen LogP contribution in [-0.4, -0.2) is 37.2 Å². The van der Waals surface area contributed by atoms with Crippen LogP contribution < -0.4 is 0 Å². The van der Waals surface area contributed by atoms with E-state index in [1.807, 2.05) is 0 Å². The summed E-state index contributed by atoms with van der Waals surface area (Å²) in [7, 11) is 0. The maximum Gasteiger partial charge on any atom is 0.306 e. The van der Waals surface area contributed by atoms with Crippen LogP contribution >= 0.6 is 0 Å². The highest BCUT2D eigenvalue weighted by Crippen LogP contribution is 2.16. The van der Waals surface area contributed by atoms with Gasteiger partial charge in [0.15, 0.2) is 6.10 Å². The molecular weight excluding hydrogens is 793 g/mol. The molecule has 0 spiro atoms. The molecule has 374 valence electrons. The largest absolute Gasteiger partial charge is 0.462 e. The quantitative estimate of drug-likeness (QED) is 0.0262. The van der Waals surface area contributed by atoms with Crippen molar-refractivity contribution in [2.75, 3.05) is 13.2 Å². The van der Waals surface area contributed by atoms with Gasteiger partial charge in [-0.15, -0.1) is 0 Å². The maximum atomic E-state index is 12.8. The van der Waals surface area contributed by atoms with E-state index in [1.165, 1.54) is 173 Å². The lowest BCUT2D eigenvalue weighted by Gasteiger charge is -2.18. The zero-order valence-corrected chi connectivity index (χ0v) is 42.8. The van der Waals surface area contributed by atoms with Crippen molar-refractivity contribution >= 4 is 17.9 Å². The lowest BCUT2D eigenvalue weighted by Crippen LogP contribution is -2.30. The first-order valence-electron chi connectivity index (χ1n) is 28.0. The SMILES string of the molecule is CCCC/C=C\C/C=C\CCCCCCCC(=O)OC(COC(=O)CCCCCCCCCCC)COC(=O)CCCCCCCCCCCCC/C=C\CCCCCCCCCC. The van der Waals surface area contributed by atoms with Crippen LogP contribution in [-0.2, 0) is 28.6 Å². The molecule has 0 aromatic heterocycles. The fourth-order valence-electron chi connectivity index (χ4n) is 8.10. The molecule has 0 aliphatic rings. The first kappa shape index (κ1) is 61.6. The standard InChI is InChI=1S/C58H106O6/c1-4-7-10-13-16-19-21-23-25-26-27-28-29-30-31-32-33-35-36-39-42-45-48-51-57(60)63-54-55(53-62-56(59)50-47-44-41-38-18-15-12-9-6-3)64-58(61)52-49-46-43-40-37-34-24-22-20-17-14-11-8-5-2/h14,17,22,24,26-27,55H,4-13,15-16,18-21,23,25,28-54H2,1-3H3/b17-14-,24-22-,27-26-. The Morgan fingerprint density at radius 2 is 0.578 bits per heavy atom. The van der Waals surface area contributed by atoms with Gasteiger partial charge < -0.3 is 14.2 Å². The molecule has 64 heavy (non-hydrogen) atoms. The highest BCUT2D eigenvalue weighted by molar-refractivity contribution is 5.71. The first-order valence-corrected chi connectivity index (χ1v) is 28.0. The van der Waals surface area contributed by atoms with E-state index < -0.39 is 6.10 Å². The second kappa shape index (κ2) is 53.2. The molecule has 0 aliphatic carbocycles. The molecule has 0 radical (unpaired) electrons. The molecule has 0 saturated heterocycles. The van der Waals surface area contributed by atoms with Crippen molar-refractivity contribution in [2.24, 2.45) is 0 Å². The third kappa shape index (κ3) is 50.6. The number of carbonyl (C=O) groups excluding carboxylic acids is 3. The van der Waals surface area contributed by atoms with Gasteiger partial charge in [-0.25, -0.2) is 0 Å². The van der Waals surface area contributed by atoms with Crippen LogP contribution in [0.5, 0.6) is 0 Å². The van der Waals surface area contributed by atoms with Crippen LogP contribution in [0, 0.1) is 0 Å². The fraction of sp³-hybridized carbons (Fsp3) is 0.845. The topological polar surface area (TPSA) is 78.9 Å². The van der Waals surface area contributed by atoms with Gasteiger partial charge in [-0.1, -0.05) is 243 Å². The molecule has 0 bridgehead atoms. The Bertz CT molecular complexity index is 1080. The van der Waals surface area contributed by atoms with Crippen LogP contribution in [0.3, 0.4) is 0 Å². The van der Waals surface area contributed by atoms with E-state index in [-0.39, 0.29) is 31.1 Å². The van der Waals surface area contributed by atoms with E-state index >= 15 is 0 Å². The number of carbonyl (C=O) groups is 3. The highest BCUT2D eigenvalue weighted by Gasteiger charge is 2.19. The van der Waals surface area contributed by atoms with Crippen LogP contribution in [0.1, 0.15) is 297 Å². The zero-order chi connectivity index (χ0) is 46.5. The Kier molecular flexibility index (Phi) is 51.3. The Morgan fingerprint density at radius 3 is 0.922 bits per heavy atom. The zero-order valence-electron chi connectivity index (χ0n) is 42.8. The number of hydrogen-bond donors (Lipinski definition) is 0. The summed E-state index contributed by atoms with van der Waals surface area (Å²) in [5.74, 6) is -0.881. The summed E-state index contributed by atoms with van der Waals surface area (Å²) in [6, 6.07) is 0. The molecule has 1 unspecified atom stereocenters. The van der Waals surface area contributed by atoms with Crippen molar-refractivity contribution in [2.45, 2.75) is 303 Å². The van der Waals surface area contributed by atoms with Crippen molar-refractivity contribution in [3.8, 4) is 0 Å². The minimum Gasteiger partial charge on any atom is -0.462 e. The predicted octanol–water partition coefficient (Wildman–Crippen LogP) is 18.5. The number of rotatable bonds is 51. The van der Waals surface area contributed by atoms with Gasteiger partial charge >= 0.3 is 17.9 Å². The van der Waals surface area contributed by atoms with E-state index in [9.17, 15) is 14.4 Å². The fourth-order valence-corrected chi connectivity index (χ4v) is 8.10. The van der Waals surface area contributed by atoms with Gasteiger partial charge in [0.25, 0.3) is 0 Å². The number of allylic oxidation sites excluding steroid dienone is 6. The molecule has 0 fully saturated rings. The van der Waals surface area contributed by atoms with Gasteiger partial charge in [0.05, 0.1) is 0 Å². The number of hydrogen-bond acceptors (Lipinski definition) is 6. The molecular formula is C58H106O6. The van der Waals surface area contributed by atoms with Crippen molar-refractivity contribution < 1.29 is 28.6 Å². The molecule has 0 aromatic rings. The Hall–Kier alpha value is -2.37. The van der Waals surface area contributed by atoms with E-state index in [1.54, 1.807) is 0 Å². The van der Waals surface area contributed by atoms with Crippen molar-refractivity contribution in [1.82, 2.24) is 0 Å². The normalized spacial score (nSPS) is 12.2. The van der Waals surface area contributed by atoms with Crippen molar-refractivity contribution in [3.05, 3.63) is 36.5 Å². The highest BCUT2D eigenvalue weighted by atomic mass is 16.6. The van der Waals surface area contributed by atoms with Crippen molar-refractivity contribution in [3.63, 3.8) is 0 Å². The van der Waals surface area contributed by atoms with E-state index in [0.717, 1.165) is 83.5 Å². The minimum atomic E-state index is -0.775. The third-order valence-electron chi connectivity index (χ3n) is 12.4. The Balaban J connectivity index is 4.21. The van der Waals surface area contributed by atoms with E-state index in [4.69, 9.17) is 14.2 Å². The summed E-state index contributed by atoms with van der Waals surface area (Å²) in [4.78, 5) is 37.9. The molecule has 0 rings (SSSR count). The van der Waals surface area contributed by atoms with Gasteiger partial charge in [0, 0.05) is 19.3 Å². The second-order valence-corrected chi connectivity index (χ2v) is 18.8. The molecule has 0 aliphatic heterocycles. The lowest BCUT2D eigenvalue weighted by atomic mass is 10.0. The minimum absolute atomic E-state index is 0.0753. The smallest absolute Gasteiger partial charge is 0.306 e. The van der Waals surface area contributed by atoms with Gasteiger partial charge in [-0.3, -0.25) is 14.4 Å². The summed E-state index contributed by atoms with van der Waals surface area (Å²) in [6.07, 6.45) is 62.9. The first-order chi connectivity index (χ1) is 31.5. The number of ether oxygens (including phenoxy) is 3. The molecule has 0 N–H and O–H groups in total. The average Bonchev–Trinajstić information content (AvgIpc) is 3.29. The summed E-state index contributed by atoms with van der Waals surface area (Å²) in [5, 5.41) is 0. The monoisotopic (exact) mass is 899 g/mol. The second-order valence-electron chi connectivity index (χ2n) is 18.8. The summed E-state index contributed by atoms with van der Waals surface area (Å²) in [5.41, 5.74) is 0. The summed E-state index contributed by atoms with van der Waals surface area (Å²) in [6.45, 7) is 6.59. The molecule has 0 amide bonds. The van der Waals surface area contributed by atoms with Gasteiger partial charge in [0.1, 0.15) is 13.2 Å². The molecule has 0 heterocycles. The lowest BCUT2D eigenvalue weighted by molar-refractivity contribution is -0.167. The van der Waals surface area contributed by atoms with Crippen molar-refractivity contribution in [1.29, 1.82) is 0 Å². The van der Waals surface area contributed by atoms with Gasteiger partial charge in [-0.05, 0) is 70.6 Å². The van der Waals surface area contributed by atoms with E-state index in [0.29, 0.717) is 19.3 Å². The molecule has 6 heteroatoms. The molecule has 6 nitrogen and oxygen atoms in total. The molecule has 0 aromatic carbocycles. The van der Waals surface area contributed by atoms with Crippen LogP contribution in [0.2, 0.25) is 0 Å². The van der Waals surface area contributed by atoms with Gasteiger partial charge in [-0.2, -0.15) is 0 Å². The number of esters is 3. The average molecular weight is 899 g/mol. The predicted molar refractivity (Wildman–Crippen MR) is 275 cm³/mol. The molecule has 0 saturated carbocycles. The maximum absolute atomic E-state index is 12.8. The third-order valence-corrected chi connectivity index (χ3v) is 12.4. The summed E-state index contributed by atoms with van der Waals surface area (Å²) < 4.78 is 16.8. The van der Waals surface area contributed by atoms with Crippen LogP contribution in [0.4, 0.5) is 0 Å². The van der Waals surface area contributed by atoms with Crippen LogP contribution in [0.15, 0.2) is 36.5 Å². The van der Waals surface area contributed by atoms with Crippen LogP contribution in [0.25, 0.3) is 0 Å². The Labute approximate surface area is 397 Å². The Morgan fingerprint density at radius 1 is 0.312 bits per heavy atom. The van der Waals surface area contributed by atoms with Gasteiger partial charge in [0.2, 0.25) is 0 Å². The summed E-state index contributed by atoms with van der Waals surface area (Å²) >= 11 is 0. The number of unbranched alkanes of at least 4 members (excludes halogenated alkanes) is 34.